The van der Waals surface area contributed by atoms with Gasteiger partial charge in [0.15, 0.2) is 11.5 Å². The van der Waals surface area contributed by atoms with Crippen LogP contribution in [0.3, 0.4) is 0 Å². The lowest BCUT2D eigenvalue weighted by molar-refractivity contribution is -0.150. The van der Waals surface area contributed by atoms with Crippen molar-refractivity contribution < 1.29 is 27.0 Å². The summed E-state index contributed by atoms with van der Waals surface area (Å²) >= 11 is 0. The van der Waals surface area contributed by atoms with E-state index in [2.05, 4.69) is 11.8 Å². The zero-order valence-electron chi connectivity index (χ0n) is 17.3. The van der Waals surface area contributed by atoms with Gasteiger partial charge in [-0.25, -0.2) is 4.39 Å². The Labute approximate surface area is 178 Å². The maximum Gasteiger partial charge on any atom is 0.416 e. The number of likely N-dealkylation sites (tertiary alicyclic amines) is 1. The van der Waals surface area contributed by atoms with Gasteiger partial charge in [-0.15, -0.1) is 0 Å². The van der Waals surface area contributed by atoms with E-state index < -0.39 is 23.3 Å². The number of nitrogens with zero attached hydrogens (tertiary/aromatic N) is 1. The molecule has 0 spiro atoms. The van der Waals surface area contributed by atoms with Crippen LogP contribution < -0.4 is 15.2 Å². The molecule has 4 rings (SSSR count). The molecule has 0 aliphatic carbocycles. The van der Waals surface area contributed by atoms with E-state index in [1.54, 1.807) is 0 Å². The van der Waals surface area contributed by atoms with Gasteiger partial charge in [-0.3, -0.25) is 0 Å². The quantitative estimate of drug-likeness (QED) is 0.674. The summed E-state index contributed by atoms with van der Waals surface area (Å²) in [6.45, 7) is 4.35. The number of hydrogen-bond donors (Lipinski definition) is 1. The van der Waals surface area contributed by atoms with Crippen LogP contribution in [-0.4, -0.2) is 30.6 Å². The number of piperidine rings is 1. The molecule has 2 heterocycles. The summed E-state index contributed by atoms with van der Waals surface area (Å²) in [4.78, 5) is 2.35. The number of nitrogens with two attached hydrogens (primary N) is 1. The lowest BCUT2D eigenvalue weighted by atomic mass is 9.83. The Bertz CT molecular complexity index is 911. The lowest BCUT2D eigenvalue weighted by Crippen LogP contribution is -2.50. The molecule has 2 unspecified atom stereocenters. The monoisotopic (exact) mass is 438 g/mol. The summed E-state index contributed by atoms with van der Waals surface area (Å²) < 4.78 is 65.4. The van der Waals surface area contributed by atoms with Crippen LogP contribution in [0.2, 0.25) is 0 Å². The smallest absolute Gasteiger partial charge is 0.416 e. The Morgan fingerprint density at radius 1 is 1.06 bits per heavy atom. The van der Waals surface area contributed by atoms with Crippen LogP contribution in [-0.2, 0) is 12.0 Å². The Morgan fingerprint density at radius 3 is 2.32 bits per heavy atom. The van der Waals surface area contributed by atoms with Crippen LogP contribution in [0.15, 0.2) is 42.5 Å². The number of fused-ring (bicyclic) bond motifs is 1. The molecule has 31 heavy (non-hydrogen) atoms. The molecule has 2 aromatic carbocycles. The SMILES string of the molecule is CC(CCN)N1CCC(C2(c3ccc(C(F)(F)F)cc3)Oc3ccc(F)cc3O2)CC1. The molecule has 168 valence electrons. The summed E-state index contributed by atoms with van der Waals surface area (Å²) in [6.07, 6.45) is -2.08. The van der Waals surface area contributed by atoms with Gasteiger partial charge in [0.25, 0.3) is 5.79 Å². The summed E-state index contributed by atoms with van der Waals surface area (Å²) in [5.41, 5.74) is 5.44. The lowest BCUT2D eigenvalue weighted by Gasteiger charge is -2.42. The van der Waals surface area contributed by atoms with Crippen LogP contribution in [0.5, 0.6) is 11.5 Å². The van der Waals surface area contributed by atoms with E-state index in [0.717, 1.165) is 44.5 Å². The Morgan fingerprint density at radius 2 is 1.71 bits per heavy atom. The number of halogens is 4. The highest BCUT2D eigenvalue weighted by Crippen LogP contribution is 2.50. The molecule has 1 saturated heterocycles. The molecule has 2 N–H and O–H groups in total. The van der Waals surface area contributed by atoms with E-state index in [0.29, 0.717) is 23.9 Å². The van der Waals surface area contributed by atoms with E-state index in [4.69, 9.17) is 15.2 Å². The van der Waals surface area contributed by atoms with Gasteiger partial charge < -0.3 is 20.1 Å². The highest BCUT2D eigenvalue weighted by molar-refractivity contribution is 5.46. The third kappa shape index (κ3) is 4.23. The highest BCUT2D eigenvalue weighted by atomic mass is 19.4. The van der Waals surface area contributed by atoms with Gasteiger partial charge in [0.05, 0.1) is 5.56 Å². The first-order valence-corrected chi connectivity index (χ1v) is 10.5. The topological polar surface area (TPSA) is 47.7 Å². The van der Waals surface area contributed by atoms with Crippen LogP contribution in [0.25, 0.3) is 0 Å². The van der Waals surface area contributed by atoms with Gasteiger partial charge in [0.2, 0.25) is 0 Å². The number of benzene rings is 2. The molecule has 0 saturated carbocycles. The van der Waals surface area contributed by atoms with Crippen LogP contribution >= 0.6 is 0 Å². The number of alkyl halides is 3. The normalized spacial score (nSPS) is 23.2. The molecule has 1 fully saturated rings. The fourth-order valence-electron chi connectivity index (χ4n) is 4.55. The molecule has 0 bridgehead atoms. The van der Waals surface area contributed by atoms with Crippen molar-refractivity contribution in [2.75, 3.05) is 19.6 Å². The molecule has 2 atom stereocenters. The maximum atomic E-state index is 13.8. The van der Waals surface area contributed by atoms with Crippen molar-refractivity contribution in [3.8, 4) is 11.5 Å². The van der Waals surface area contributed by atoms with Crippen molar-refractivity contribution in [2.45, 2.75) is 44.2 Å². The molecule has 4 nitrogen and oxygen atoms in total. The van der Waals surface area contributed by atoms with Gasteiger partial charge in [0, 0.05) is 23.6 Å². The van der Waals surface area contributed by atoms with E-state index in [9.17, 15) is 17.6 Å². The average molecular weight is 438 g/mol. The average Bonchev–Trinajstić information content (AvgIpc) is 3.13. The molecule has 0 radical (unpaired) electrons. The van der Waals surface area contributed by atoms with E-state index in [1.807, 2.05) is 0 Å². The van der Waals surface area contributed by atoms with Gasteiger partial charge in [-0.05, 0) is 70.1 Å². The van der Waals surface area contributed by atoms with Crippen LogP contribution in [0.4, 0.5) is 17.6 Å². The first kappa shape index (κ1) is 21.9. The first-order valence-electron chi connectivity index (χ1n) is 10.5. The van der Waals surface area contributed by atoms with Crippen LogP contribution in [0.1, 0.15) is 37.3 Å². The van der Waals surface area contributed by atoms with Crippen LogP contribution in [0, 0.1) is 11.7 Å². The number of rotatable bonds is 5. The van der Waals surface area contributed by atoms with Crippen molar-refractivity contribution in [1.29, 1.82) is 0 Å². The summed E-state index contributed by atoms with van der Waals surface area (Å²) in [7, 11) is 0. The molecular weight excluding hydrogens is 412 g/mol. The van der Waals surface area contributed by atoms with Crippen molar-refractivity contribution in [3.63, 3.8) is 0 Å². The fraction of sp³-hybridized carbons (Fsp3) is 0.478. The molecule has 2 aliphatic heterocycles. The minimum Gasteiger partial charge on any atom is -0.444 e. The Hall–Kier alpha value is -2.32. The van der Waals surface area contributed by atoms with Crippen molar-refractivity contribution in [2.24, 2.45) is 11.7 Å². The minimum absolute atomic E-state index is 0.110. The van der Waals surface area contributed by atoms with Gasteiger partial charge in [-0.2, -0.15) is 13.2 Å². The van der Waals surface area contributed by atoms with E-state index >= 15 is 0 Å². The van der Waals surface area contributed by atoms with Crippen molar-refractivity contribution in [1.82, 2.24) is 4.90 Å². The second-order valence-electron chi connectivity index (χ2n) is 8.27. The molecule has 2 aromatic rings. The molecule has 8 heteroatoms. The molecular formula is C23H26F4N2O2. The largest absolute Gasteiger partial charge is 0.444 e. The van der Waals surface area contributed by atoms with E-state index in [-0.39, 0.29) is 11.7 Å². The predicted octanol–water partition coefficient (Wildman–Crippen LogP) is 4.92. The van der Waals surface area contributed by atoms with Gasteiger partial charge in [-0.1, -0.05) is 12.1 Å². The number of ether oxygens (including phenoxy) is 2. The zero-order chi connectivity index (χ0) is 22.2. The minimum atomic E-state index is -4.43. The number of hydrogen-bond acceptors (Lipinski definition) is 4. The summed E-state index contributed by atoms with van der Waals surface area (Å²) in [6, 6.07) is 9.24. The summed E-state index contributed by atoms with van der Waals surface area (Å²) in [5.74, 6) is -1.21. The Kier molecular flexibility index (Phi) is 5.87. The zero-order valence-corrected chi connectivity index (χ0v) is 17.3. The highest BCUT2D eigenvalue weighted by Gasteiger charge is 2.51. The molecule has 0 aromatic heterocycles. The Balaban J connectivity index is 1.64. The standard InChI is InChI=1S/C23H26F4N2O2/c1-15(8-11-28)29-12-9-17(10-13-29)22(16-2-4-18(5-3-16)23(25,26)27)30-20-7-6-19(24)14-21(20)31-22/h2-7,14-15,17H,8-13,28H2,1H3. The predicted molar refractivity (Wildman–Crippen MR) is 108 cm³/mol. The van der Waals surface area contributed by atoms with E-state index in [1.165, 1.54) is 30.3 Å². The third-order valence-electron chi connectivity index (χ3n) is 6.32. The summed E-state index contributed by atoms with van der Waals surface area (Å²) in [5, 5.41) is 0. The van der Waals surface area contributed by atoms with Gasteiger partial charge in [0.1, 0.15) is 5.82 Å². The third-order valence-corrected chi connectivity index (χ3v) is 6.32. The van der Waals surface area contributed by atoms with Crippen molar-refractivity contribution in [3.05, 3.63) is 59.4 Å². The molecule has 0 amide bonds. The first-order chi connectivity index (χ1) is 14.7. The van der Waals surface area contributed by atoms with Gasteiger partial charge >= 0.3 is 6.18 Å². The maximum absolute atomic E-state index is 13.8. The second-order valence-corrected chi connectivity index (χ2v) is 8.27. The second kappa shape index (κ2) is 8.31. The van der Waals surface area contributed by atoms with Crippen molar-refractivity contribution >= 4 is 0 Å². The fourth-order valence-corrected chi connectivity index (χ4v) is 4.55. The molecule has 2 aliphatic rings.